The van der Waals surface area contributed by atoms with Gasteiger partial charge in [0.25, 0.3) is 5.91 Å². The van der Waals surface area contributed by atoms with E-state index in [4.69, 9.17) is 0 Å². The summed E-state index contributed by atoms with van der Waals surface area (Å²) in [6.45, 7) is 3.42. The number of fused-ring (bicyclic) bond motifs is 3. The maximum Gasteiger partial charge on any atom is 0.251 e. The minimum Gasteiger partial charge on any atom is -0.358 e. The Bertz CT molecular complexity index is 893. The normalized spacial score (nSPS) is 18.7. The third-order valence-electron chi connectivity index (χ3n) is 5.56. The van der Waals surface area contributed by atoms with Crippen molar-refractivity contribution in [2.24, 2.45) is 0 Å². The second-order valence-corrected chi connectivity index (χ2v) is 7.48. The number of hydrogen-bond donors (Lipinski definition) is 1. The molecule has 2 amide bonds. The van der Waals surface area contributed by atoms with Gasteiger partial charge in [-0.05, 0) is 49.9 Å². The van der Waals surface area contributed by atoms with Crippen LogP contribution in [-0.2, 0) is 11.3 Å². The first-order chi connectivity index (χ1) is 13.0. The Morgan fingerprint density at radius 1 is 1.15 bits per heavy atom. The first kappa shape index (κ1) is 17.6. The summed E-state index contributed by atoms with van der Waals surface area (Å²) in [4.78, 5) is 29.3. The van der Waals surface area contributed by atoms with E-state index in [1.54, 1.807) is 4.90 Å². The van der Waals surface area contributed by atoms with Crippen molar-refractivity contribution in [1.29, 1.82) is 0 Å². The lowest BCUT2D eigenvalue weighted by Gasteiger charge is -2.44. The zero-order chi connectivity index (χ0) is 19.0. The molecular weight excluding hydrogens is 338 g/mol. The number of hydrogen-bond acceptors (Lipinski definition) is 3. The van der Waals surface area contributed by atoms with E-state index >= 15 is 0 Å². The van der Waals surface area contributed by atoms with Gasteiger partial charge >= 0.3 is 0 Å². The summed E-state index contributed by atoms with van der Waals surface area (Å²) in [7, 11) is 1.81. The van der Waals surface area contributed by atoms with Gasteiger partial charge in [0.2, 0.25) is 5.91 Å². The number of nitrogens with one attached hydrogen (secondary N) is 1. The van der Waals surface area contributed by atoms with Crippen molar-refractivity contribution in [3.05, 3.63) is 59.2 Å². The Kier molecular flexibility index (Phi) is 4.60. The largest absolute Gasteiger partial charge is 0.358 e. The molecule has 0 radical (unpaired) electrons. The van der Waals surface area contributed by atoms with E-state index in [1.165, 1.54) is 5.56 Å². The van der Waals surface area contributed by atoms with Crippen LogP contribution in [0.2, 0.25) is 0 Å². The van der Waals surface area contributed by atoms with Crippen LogP contribution >= 0.6 is 0 Å². The molecular formula is C22H25N3O2. The highest BCUT2D eigenvalue weighted by atomic mass is 16.2. The van der Waals surface area contributed by atoms with Crippen LogP contribution in [0.3, 0.4) is 0 Å². The smallest absolute Gasteiger partial charge is 0.251 e. The van der Waals surface area contributed by atoms with Crippen LogP contribution < -0.4 is 15.1 Å². The second-order valence-electron chi connectivity index (χ2n) is 7.48. The molecule has 1 fully saturated rings. The van der Waals surface area contributed by atoms with Gasteiger partial charge < -0.3 is 15.1 Å². The minimum absolute atomic E-state index is 0.0581. The second kappa shape index (κ2) is 7.06. The van der Waals surface area contributed by atoms with Crippen molar-refractivity contribution in [3.63, 3.8) is 0 Å². The predicted molar refractivity (Wildman–Crippen MR) is 107 cm³/mol. The molecule has 0 aromatic heterocycles. The molecule has 1 saturated heterocycles. The number of carbonyl (C=O) groups is 2. The van der Waals surface area contributed by atoms with E-state index in [-0.39, 0.29) is 17.9 Å². The van der Waals surface area contributed by atoms with Crippen LogP contribution in [0, 0.1) is 6.92 Å². The highest BCUT2D eigenvalue weighted by molar-refractivity contribution is 6.07. The topological polar surface area (TPSA) is 52.7 Å². The fourth-order valence-corrected chi connectivity index (χ4v) is 4.10. The lowest BCUT2D eigenvalue weighted by molar-refractivity contribution is -0.120. The van der Waals surface area contributed by atoms with Crippen LogP contribution in [0.25, 0.3) is 0 Å². The molecule has 2 aliphatic rings. The van der Waals surface area contributed by atoms with E-state index in [9.17, 15) is 9.59 Å². The Balaban J connectivity index is 1.55. The third kappa shape index (κ3) is 3.29. The maximum absolute atomic E-state index is 12.7. The molecule has 4 rings (SSSR count). The predicted octanol–water partition coefficient (Wildman–Crippen LogP) is 3.26. The molecule has 0 spiro atoms. The first-order valence-corrected chi connectivity index (χ1v) is 9.56. The third-order valence-corrected chi connectivity index (χ3v) is 5.56. The van der Waals surface area contributed by atoms with Gasteiger partial charge in [0.15, 0.2) is 0 Å². The average molecular weight is 363 g/mol. The average Bonchev–Trinajstić information content (AvgIpc) is 2.70. The quantitative estimate of drug-likeness (QED) is 0.911. The number of anilines is 2. The molecule has 5 heteroatoms. The van der Waals surface area contributed by atoms with Crippen LogP contribution in [-0.4, -0.2) is 31.4 Å². The molecule has 2 heterocycles. The van der Waals surface area contributed by atoms with Crippen LogP contribution in [0.5, 0.6) is 0 Å². The number of likely N-dealkylation sites (N-methyl/N-ethyl adjacent to an activating group) is 1. The van der Waals surface area contributed by atoms with E-state index in [2.05, 4.69) is 16.3 Å². The van der Waals surface area contributed by atoms with Crippen molar-refractivity contribution in [1.82, 2.24) is 5.32 Å². The molecule has 0 aliphatic carbocycles. The number of aryl methyl sites for hydroxylation is 1. The molecule has 2 aliphatic heterocycles. The Labute approximate surface area is 160 Å². The SMILES string of the molecule is Cc1cccc(CNC(=O)c2ccc3c(c2)N(C)C(=O)[C@@H]2CCCCN32)c1. The number of rotatable bonds is 3. The highest BCUT2D eigenvalue weighted by Gasteiger charge is 2.37. The molecule has 0 saturated carbocycles. The standard InChI is InChI=1S/C22H25N3O2/c1-15-6-5-7-16(12-15)14-23-21(26)17-9-10-18-20(13-17)24(2)22(27)19-8-3-4-11-25(18)19/h5-7,9-10,12-13,19H,3-4,8,11,14H2,1-2H3,(H,23,26)/t19-/m0/s1. The van der Waals surface area contributed by atoms with Crippen molar-refractivity contribution in [2.75, 3.05) is 23.4 Å². The summed E-state index contributed by atoms with van der Waals surface area (Å²) in [5, 5.41) is 2.98. The fourth-order valence-electron chi connectivity index (χ4n) is 4.10. The summed E-state index contributed by atoms with van der Waals surface area (Å²) >= 11 is 0. The molecule has 2 aromatic carbocycles. The van der Waals surface area contributed by atoms with Crippen LogP contribution in [0.1, 0.15) is 40.7 Å². The van der Waals surface area contributed by atoms with Gasteiger partial charge in [0.1, 0.15) is 6.04 Å². The number of benzene rings is 2. The fraction of sp³-hybridized carbons (Fsp3) is 0.364. The van der Waals surface area contributed by atoms with Crippen molar-refractivity contribution < 1.29 is 9.59 Å². The van der Waals surface area contributed by atoms with Gasteiger partial charge in [-0.1, -0.05) is 29.8 Å². The molecule has 1 N–H and O–H groups in total. The van der Waals surface area contributed by atoms with Crippen molar-refractivity contribution >= 4 is 23.2 Å². The van der Waals surface area contributed by atoms with Gasteiger partial charge in [-0.2, -0.15) is 0 Å². The van der Waals surface area contributed by atoms with E-state index < -0.39 is 0 Å². The molecule has 5 nitrogen and oxygen atoms in total. The summed E-state index contributed by atoms with van der Waals surface area (Å²) < 4.78 is 0. The molecule has 0 unspecified atom stereocenters. The zero-order valence-electron chi connectivity index (χ0n) is 15.9. The van der Waals surface area contributed by atoms with Gasteiger partial charge in [-0.25, -0.2) is 0 Å². The molecule has 2 aromatic rings. The monoisotopic (exact) mass is 363 g/mol. The molecule has 0 bridgehead atoms. The molecule has 140 valence electrons. The maximum atomic E-state index is 12.7. The summed E-state index contributed by atoms with van der Waals surface area (Å²) in [5.74, 6) is 0.000409. The van der Waals surface area contributed by atoms with Gasteiger partial charge in [-0.15, -0.1) is 0 Å². The van der Waals surface area contributed by atoms with Gasteiger partial charge in [0, 0.05) is 25.7 Å². The number of nitrogens with zero attached hydrogens (tertiary/aromatic N) is 2. The van der Waals surface area contributed by atoms with Crippen molar-refractivity contribution in [3.8, 4) is 0 Å². The Morgan fingerprint density at radius 2 is 2.00 bits per heavy atom. The molecule has 27 heavy (non-hydrogen) atoms. The first-order valence-electron chi connectivity index (χ1n) is 9.56. The van der Waals surface area contributed by atoms with E-state index in [0.29, 0.717) is 12.1 Å². The van der Waals surface area contributed by atoms with Crippen LogP contribution in [0.4, 0.5) is 11.4 Å². The minimum atomic E-state index is -0.124. The zero-order valence-corrected chi connectivity index (χ0v) is 15.9. The van der Waals surface area contributed by atoms with Gasteiger partial charge in [0.05, 0.1) is 11.4 Å². The van der Waals surface area contributed by atoms with Crippen molar-refractivity contribution in [2.45, 2.75) is 38.8 Å². The summed E-state index contributed by atoms with van der Waals surface area (Å²) in [6.07, 6.45) is 3.10. The number of carbonyl (C=O) groups excluding carboxylic acids is 2. The Hall–Kier alpha value is -2.82. The van der Waals surface area contributed by atoms with E-state index in [0.717, 1.165) is 42.7 Å². The lowest BCUT2D eigenvalue weighted by atomic mass is 9.96. The number of amides is 2. The van der Waals surface area contributed by atoms with Gasteiger partial charge in [-0.3, -0.25) is 9.59 Å². The summed E-state index contributed by atoms with van der Waals surface area (Å²) in [6, 6.07) is 13.7. The molecule has 1 atom stereocenters. The number of piperidine rings is 1. The Morgan fingerprint density at radius 3 is 2.81 bits per heavy atom. The summed E-state index contributed by atoms with van der Waals surface area (Å²) in [5.41, 5.74) is 4.70. The van der Waals surface area contributed by atoms with E-state index in [1.807, 2.05) is 50.4 Å². The van der Waals surface area contributed by atoms with Crippen LogP contribution in [0.15, 0.2) is 42.5 Å². The lowest BCUT2D eigenvalue weighted by Crippen LogP contribution is -2.54. The highest BCUT2D eigenvalue weighted by Crippen LogP contribution is 2.39.